The van der Waals surface area contributed by atoms with Crippen LogP contribution in [-0.4, -0.2) is 41.7 Å². The molecule has 0 spiro atoms. The molecule has 8 heteroatoms. The number of amides is 1. The standard InChI is InChI=1S/C21H19N3O5/c1-28-19-8-13(10-22)6-7-18(19)29-12-20(25)24-17(21(26)27)9-14-11-23-16-5-3-2-4-15(14)16/h2-8,11,17,23H,9,12H2,1H3,(H,24,25)(H,26,27). The number of hydrogen-bond donors (Lipinski definition) is 3. The number of aromatic amines is 1. The molecule has 0 fully saturated rings. The third kappa shape index (κ3) is 4.65. The number of carbonyl (C=O) groups is 2. The van der Waals surface area contributed by atoms with Crippen molar-refractivity contribution in [2.45, 2.75) is 12.5 Å². The van der Waals surface area contributed by atoms with Crippen LogP contribution in [0.15, 0.2) is 48.7 Å². The van der Waals surface area contributed by atoms with Gasteiger partial charge in [-0.25, -0.2) is 4.79 Å². The maximum Gasteiger partial charge on any atom is 0.326 e. The molecule has 1 heterocycles. The van der Waals surface area contributed by atoms with Gasteiger partial charge < -0.3 is 24.9 Å². The predicted molar refractivity (Wildman–Crippen MR) is 105 cm³/mol. The number of H-pyrrole nitrogens is 1. The Bertz CT molecular complexity index is 1080. The maximum absolute atomic E-state index is 12.2. The highest BCUT2D eigenvalue weighted by molar-refractivity contribution is 5.87. The fourth-order valence-electron chi connectivity index (χ4n) is 2.96. The Labute approximate surface area is 166 Å². The first-order valence-corrected chi connectivity index (χ1v) is 8.80. The van der Waals surface area contributed by atoms with Gasteiger partial charge >= 0.3 is 5.97 Å². The summed E-state index contributed by atoms with van der Waals surface area (Å²) in [4.78, 5) is 27.0. The number of nitrogens with zero attached hydrogens (tertiary/aromatic N) is 1. The number of benzene rings is 2. The van der Waals surface area contributed by atoms with E-state index in [1.165, 1.54) is 25.3 Å². The van der Waals surface area contributed by atoms with Crippen molar-refractivity contribution in [3.63, 3.8) is 0 Å². The van der Waals surface area contributed by atoms with Gasteiger partial charge in [-0.05, 0) is 23.8 Å². The Morgan fingerprint density at radius 1 is 1.24 bits per heavy atom. The third-order valence-corrected chi connectivity index (χ3v) is 4.38. The molecule has 0 saturated heterocycles. The van der Waals surface area contributed by atoms with Crippen LogP contribution in [0.25, 0.3) is 10.9 Å². The lowest BCUT2D eigenvalue weighted by Crippen LogP contribution is -2.44. The van der Waals surface area contributed by atoms with Crippen LogP contribution < -0.4 is 14.8 Å². The van der Waals surface area contributed by atoms with E-state index in [1.54, 1.807) is 6.20 Å². The summed E-state index contributed by atoms with van der Waals surface area (Å²) in [7, 11) is 1.42. The zero-order valence-corrected chi connectivity index (χ0v) is 15.6. The van der Waals surface area contributed by atoms with Gasteiger partial charge in [-0.3, -0.25) is 4.79 Å². The number of hydrogen-bond acceptors (Lipinski definition) is 5. The van der Waals surface area contributed by atoms with Gasteiger partial charge in [0.05, 0.1) is 18.7 Å². The number of carbonyl (C=O) groups excluding carboxylic acids is 1. The Morgan fingerprint density at radius 2 is 2.03 bits per heavy atom. The maximum atomic E-state index is 12.2. The largest absolute Gasteiger partial charge is 0.493 e. The second-order valence-corrected chi connectivity index (χ2v) is 6.29. The number of rotatable bonds is 8. The number of nitrogens with one attached hydrogen (secondary N) is 2. The molecular formula is C21H19N3O5. The minimum absolute atomic E-state index is 0.130. The van der Waals surface area contributed by atoms with Gasteiger partial charge in [-0.1, -0.05) is 18.2 Å². The fourth-order valence-corrected chi connectivity index (χ4v) is 2.96. The van der Waals surface area contributed by atoms with Crippen molar-refractivity contribution in [1.29, 1.82) is 5.26 Å². The van der Waals surface area contributed by atoms with Crippen LogP contribution in [0.4, 0.5) is 0 Å². The average molecular weight is 393 g/mol. The number of para-hydroxylation sites is 1. The second-order valence-electron chi connectivity index (χ2n) is 6.29. The molecular weight excluding hydrogens is 374 g/mol. The molecule has 1 amide bonds. The molecule has 29 heavy (non-hydrogen) atoms. The Kier molecular flexibility index (Phi) is 6.00. The molecule has 0 saturated carbocycles. The summed E-state index contributed by atoms with van der Waals surface area (Å²) >= 11 is 0. The molecule has 2 aromatic carbocycles. The smallest absolute Gasteiger partial charge is 0.326 e. The predicted octanol–water partition coefficient (Wildman–Crippen LogP) is 2.24. The van der Waals surface area contributed by atoms with Crippen LogP contribution in [0.5, 0.6) is 11.5 Å². The molecule has 148 valence electrons. The number of carboxylic acids is 1. The molecule has 0 aliphatic rings. The van der Waals surface area contributed by atoms with Gasteiger partial charge in [-0.15, -0.1) is 0 Å². The second kappa shape index (κ2) is 8.80. The van der Waals surface area contributed by atoms with Crippen LogP contribution in [-0.2, 0) is 16.0 Å². The summed E-state index contributed by atoms with van der Waals surface area (Å²) in [5.41, 5.74) is 2.08. The zero-order valence-electron chi connectivity index (χ0n) is 15.6. The highest BCUT2D eigenvalue weighted by atomic mass is 16.5. The van der Waals surface area contributed by atoms with Gasteiger partial charge in [0.15, 0.2) is 18.1 Å². The molecule has 1 aromatic heterocycles. The van der Waals surface area contributed by atoms with Crippen molar-refractivity contribution < 1.29 is 24.2 Å². The van der Waals surface area contributed by atoms with E-state index in [9.17, 15) is 14.7 Å². The SMILES string of the molecule is COc1cc(C#N)ccc1OCC(=O)NC(Cc1c[nH]c2ccccc12)C(=O)O. The molecule has 1 atom stereocenters. The number of carboxylic acid groups (broad SMARTS) is 1. The molecule has 3 rings (SSSR count). The van der Waals surface area contributed by atoms with E-state index < -0.39 is 17.9 Å². The Balaban J connectivity index is 1.65. The molecule has 0 aliphatic carbocycles. The molecule has 0 radical (unpaired) electrons. The van der Waals surface area contributed by atoms with E-state index >= 15 is 0 Å². The lowest BCUT2D eigenvalue weighted by atomic mass is 10.1. The minimum Gasteiger partial charge on any atom is -0.493 e. The summed E-state index contributed by atoms with van der Waals surface area (Å²) in [6.07, 6.45) is 1.87. The van der Waals surface area contributed by atoms with Crippen LogP contribution in [0.2, 0.25) is 0 Å². The van der Waals surface area contributed by atoms with E-state index in [-0.39, 0.29) is 18.8 Å². The molecule has 3 N–H and O–H groups in total. The van der Waals surface area contributed by atoms with Crippen LogP contribution >= 0.6 is 0 Å². The number of nitriles is 1. The number of aromatic nitrogens is 1. The van der Waals surface area contributed by atoms with E-state index in [0.717, 1.165) is 16.5 Å². The van der Waals surface area contributed by atoms with Crippen molar-refractivity contribution in [3.8, 4) is 17.6 Å². The highest BCUT2D eigenvalue weighted by Crippen LogP contribution is 2.27. The number of fused-ring (bicyclic) bond motifs is 1. The van der Waals surface area contributed by atoms with Gasteiger partial charge in [0, 0.05) is 29.6 Å². The van der Waals surface area contributed by atoms with Crippen LogP contribution in [0, 0.1) is 11.3 Å². The Morgan fingerprint density at radius 3 is 2.76 bits per heavy atom. The summed E-state index contributed by atoms with van der Waals surface area (Å²) < 4.78 is 10.6. The Hall–Kier alpha value is -3.99. The zero-order chi connectivity index (χ0) is 20.8. The highest BCUT2D eigenvalue weighted by Gasteiger charge is 2.22. The van der Waals surface area contributed by atoms with Crippen molar-refractivity contribution >= 4 is 22.8 Å². The minimum atomic E-state index is -1.14. The van der Waals surface area contributed by atoms with E-state index in [0.29, 0.717) is 11.3 Å². The first-order chi connectivity index (χ1) is 14.0. The van der Waals surface area contributed by atoms with Crippen molar-refractivity contribution in [1.82, 2.24) is 10.3 Å². The van der Waals surface area contributed by atoms with Crippen molar-refractivity contribution in [2.75, 3.05) is 13.7 Å². The summed E-state index contributed by atoms with van der Waals surface area (Å²) in [5, 5.41) is 21.8. The van der Waals surface area contributed by atoms with Crippen molar-refractivity contribution in [3.05, 3.63) is 59.8 Å². The van der Waals surface area contributed by atoms with Crippen LogP contribution in [0.1, 0.15) is 11.1 Å². The van der Waals surface area contributed by atoms with E-state index in [1.807, 2.05) is 30.3 Å². The number of aliphatic carboxylic acids is 1. The quantitative estimate of drug-likeness (QED) is 0.539. The first-order valence-electron chi connectivity index (χ1n) is 8.80. The molecule has 0 bridgehead atoms. The third-order valence-electron chi connectivity index (χ3n) is 4.38. The summed E-state index contributed by atoms with van der Waals surface area (Å²) in [6.45, 7) is -0.389. The molecule has 1 unspecified atom stereocenters. The topological polar surface area (TPSA) is 124 Å². The average Bonchev–Trinajstić information content (AvgIpc) is 3.14. The number of methoxy groups -OCH3 is 1. The van der Waals surface area contributed by atoms with Gasteiger partial charge in [0.25, 0.3) is 5.91 Å². The normalized spacial score (nSPS) is 11.4. The van der Waals surface area contributed by atoms with Crippen LogP contribution in [0.3, 0.4) is 0 Å². The number of ether oxygens (including phenoxy) is 2. The van der Waals surface area contributed by atoms with Crippen molar-refractivity contribution in [2.24, 2.45) is 0 Å². The summed E-state index contributed by atoms with van der Waals surface area (Å²) in [6, 6.07) is 13.0. The molecule has 8 nitrogen and oxygen atoms in total. The summed E-state index contributed by atoms with van der Waals surface area (Å²) in [5.74, 6) is -1.13. The van der Waals surface area contributed by atoms with E-state index in [2.05, 4.69) is 10.3 Å². The first kappa shape index (κ1) is 19.8. The van der Waals surface area contributed by atoms with Gasteiger partial charge in [-0.2, -0.15) is 5.26 Å². The molecule has 3 aromatic rings. The monoisotopic (exact) mass is 393 g/mol. The van der Waals surface area contributed by atoms with E-state index in [4.69, 9.17) is 14.7 Å². The lowest BCUT2D eigenvalue weighted by Gasteiger charge is -2.15. The fraction of sp³-hybridized carbons (Fsp3) is 0.190. The van der Waals surface area contributed by atoms with Gasteiger partial charge in [0.1, 0.15) is 6.04 Å². The molecule has 0 aliphatic heterocycles. The van der Waals surface area contributed by atoms with Gasteiger partial charge in [0.2, 0.25) is 0 Å². The lowest BCUT2D eigenvalue weighted by molar-refractivity contribution is -0.142.